The number of nitrogens with one attached hydrogen (secondary N) is 1. The normalized spacial score (nSPS) is 11.9. The van der Waals surface area contributed by atoms with E-state index in [1.165, 1.54) is 7.11 Å². The average Bonchev–Trinajstić information content (AvgIpc) is 2.18. The summed E-state index contributed by atoms with van der Waals surface area (Å²) >= 11 is 0. The number of benzene rings is 1. The van der Waals surface area contributed by atoms with Gasteiger partial charge in [-0.05, 0) is 18.6 Å². The van der Waals surface area contributed by atoms with Gasteiger partial charge in [0.05, 0.1) is 13.2 Å². The zero-order valence-corrected chi connectivity index (χ0v) is 8.28. The molecule has 76 valence electrons. The van der Waals surface area contributed by atoms with Crippen molar-refractivity contribution in [2.45, 2.75) is 13.0 Å². The number of carbonyl (C=O) groups excluding carboxylic acids is 1. The van der Waals surface area contributed by atoms with Crippen LogP contribution in [0.15, 0.2) is 24.3 Å². The topological polar surface area (TPSA) is 64.3 Å². The van der Waals surface area contributed by atoms with Crippen LogP contribution in [-0.2, 0) is 4.74 Å². The lowest BCUT2D eigenvalue weighted by Crippen LogP contribution is -2.26. The Morgan fingerprint density at radius 2 is 2.14 bits per heavy atom. The monoisotopic (exact) mass is 194 g/mol. The van der Waals surface area contributed by atoms with Gasteiger partial charge in [-0.1, -0.05) is 18.2 Å². The minimum absolute atomic E-state index is 0.149. The molecular formula is C10H14N2O2. The smallest absolute Gasteiger partial charge is 0.407 e. The number of nitrogen functional groups attached to an aromatic ring is 1. The van der Waals surface area contributed by atoms with Crippen molar-refractivity contribution in [2.24, 2.45) is 0 Å². The van der Waals surface area contributed by atoms with E-state index in [1.54, 1.807) is 6.07 Å². The molecule has 0 aliphatic heterocycles. The second kappa shape index (κ2) is 4.50. The van der Waals surface area contributed by atoms with Crippen molar-refractivity contribution in [1.29, 1.82) is 0 Å². The zero-order valence-electron chi connectivity index (χ0n) is 8.28. The summed E-state index contributed by atoms with van der Waals surface area (Å²) < 4.78 is 4.49. The van der Waals surface area contributed by atoms with E-state index in [4.69, 9.17) is 5.73 Å². The molecule has 0 aromatic heterocycles. The maximum absolute atomic E-state index is 10.9. The molecule has 1 atom stereocenters. The van der Waals surface area contributed by atoms with Gasteiger partial charge < -0.3 is 15.8 Å². The van der Waals surface area contributed by atoms with Crippen molar-refractivity contribution in [2.75, 3.05) is 12.8 Å². The molecule has 1 aromatic rings. The molecule has 14 heavy (non-hydrogen) atoms. The molecule has 0 heterocycles. The highest BCUT2D eigenvalue weighted by molar-refractivity contribution is 5.68. The Hall–Kier alpha value is -1.71. The van der Waals surface area contributed by atoms with Gasteiger partial charge in [0.15, 0.2) is 0 Å². The van der Waals surface area contributed by atoms with Crippen molar-refractivity contribution in [3.05, 3.63) is 29.8 Å². The Morgan fingerprint density at radius 3 is 2.71 bits per heavy atom. The lowest BCUT2D eigenvalue weighted by Gasteiger charge is -2.14. The summed E-state index contributed by atoms with van der Waals surface area (Å²) in [4.78, 5) is 10.9. The van der Waals surface area contributed by atoms with E-state index in [1.807, 2.05) is 25.1 Å². The molecule has 0 radical (unpaired) electrons. The highest BCUT2D eigenvalue weighted by Crippen LogP contribution is 2.19. The van der Waals surface area contributed by atoms with E-state index in [0.29, 0.717) is 5.69 Å². The molecule has 1 aromatic carbocycles. The maximum atomic E-state index is 10.9. The van der Waals surface area contributed by atoms with E-state index in [2.05, 4.69) is 10.1 Å². The van der Waals surface area contributed by atoms with Gasteiger partial charge in [-0.15, -0.1) is 0 Å². The quantitative estimate of drug-likeness (QED) is 0.704. The fraction of sp³-hybridized carbons (Fsp3) is 0.300. The van der Waals surface area contributed by atoms with Gasteiger partial charge in [-0.2, -0.15) is 0 Å². The first-order valence-corrected chi connectivity index (χ1v) is 4.34. The number of nitrogens with two attached hydrogens (primary N) is 1. The van der Waals surface area contributed by atoms with Crippen LogP contribution in [0.25, 0.3) is 0 Å². The van der Waals surface area contributed by atoms with E-state index < -0.39 is 6.09 Å². The lowest BCUT2D eigenvalue weighted by molar-refractivity contribution is 0.167. The summed E-state index contributed by atoms with van der Waals surface area (Å²) in [5, 5.41) is 2.65. The first-order chi connectivity index (χ1) is 6.65. The Bertz CT molecular complexity index is 326. The number of carbonyl (C=O) groups is 1. The van der Waals surface area contributed by atoms with Crippen molar-refractivity contribution in [3.63, 3.8) is 0 Å². The molecule has 1 amide bonds. The molecule has 1 rings (SSSR count). The largest absolute Gasteiger partial charge is 0.453 e. The minimum Gasteiger partial charge on any atom is -0.453 e. The number of para-hydroxylation sites is 1. The second-order valence-corrected chi connectivity index (χ2v) is 2.99. The van der Waals surface area contributed by atoms with Crippen LogP contribution in [0.4, 0.5) is 10.5 Å². The Balaban J connectivity index is 2.74. The van der Waals surface area contributed by atoms with Crippen molar-refractivity contribution in [3.8, 4) is 0 Å². The number of hydrogen-bond donors (Lipinski definition) is 2. The van der Waals surface area contributed by atoms with Crippen molar-refractivity contribution in [1.82, 2.24) is 5.32 Å². The number of anilines is 1. The van der Waals surface area contributed by atoms with E-state index in [0.717, 1.165) is 5.56 Å². The van der Waals surface area contributed by atoms with Crippen LogP contribution in [0, 0.1) is 0 Å². The van der Waals surface area contributed by atoms with Gasteiger partial charge in [0.2, 0.25) is 0 Å². The third-order valence-electron chi connectivity index (χ3n) is 1.98. The van der Waals surface area contributed by atoms with Crippen LogP contribution >= 0.6 is 0 Å². The second-order valence-electron chi connectivity index (χ2n) is 2.99. The number of alkyl carbamates (subject to hydrolysis) is 1. The van der Waals surface area contributed by atoms with Crippen LogP contribution in [0.1, 0.15) is 18.5 Å². The predicted molar refractivity (Wildman–Crippen MR) is 54.8 cm³/mol. The minimum atomic E-state index is -0.458. The number of rotatable bonds is 2. The molecule has 4 heteroatoms. The van der Waals surface area contributed by atoms with Crippen LogP contribution in [0.2, 0.25) is 0 Å². The van der Waals surface area contributed by atoms with Crippen LogP contribution in [-0.4, -0.2) is 13.2 Å². The van der Waals surface area contributed by atoms with Crippen molar-refractivity contribution >= 4 is 11.8 Å². The number of ether oxygens (including phenoxy) is 1. The first kappa shape index (κ1) is 10.4. The SMILES string of the molecule is COC(=O)NC(C)c1ccccc1N. The summed E-state index contributed by atoms with van der Waals surface area (Å²) in [6.45, 7) is 1.85. The standard InChI is InChI=1S/C10H14N2O2/c1-7(12-10(13)14-2)8-5-3-4-6-9(8)11/h3-7H,11H2,1-2H3,(H,12,13). The van der Waals surface area contributed by atoms with Gasteiger partial charge >= 0.3 is 6.09 Å². The van der Waals surface area contributed by atoms with Crippen LogP contribution < -0.4 is 11.1 Å². The highest BCUT2D eigenvalue weighted by atomic mass is 16.5. The molecule has 0 bridgehead atoms. The number of hydrogen-bond acceptors (Lipinski definition) is 3. The molecule has 4 nitrogen and oxygen atoms in total. The predicted octanol–water partition coefficient (Wildman–Crippen LogP) is 1.69. The summed E-state index contributed by atoms with van der Waals surface area (Å²) in [6.07, 6.45) is -0.458. The third-order valence-corrected chi connectivity index (χ3v) is 1.98. The fourth-order valence-electron chi connectivity index (χ4n) is 1.22. The van der Waals surface area contributed by atoms with Crippen LogP contribution in [0.5, 0.6) is 0 Å². The molecule has 0 fully saturated rings. The first-order valence-electron chi connectivity index (χ1n) is 4.34. The summed E-state index contributed by atoms with van der Waals surface area (Å²) in [5.41, 5.74) is 7.30. The lowest BCUT2D eigenvalue weighted by atomic mass is 10.1. The molecular weight excluding hydrogens is 180 g/mol. The molecule has 0 saturated heterocycles. The molecule has 0 aliphatic carbocycles. The third kappa shape index (κ3) is 2.39. The van der Waals surface area contributed by atoms with Gasteiger partial charge in [-0.3, -0.25) is 0 Å². The Labute approximate surface area is 83.1 Å². The fourth-order valence-corrected chi connectivity index (χ4v) is 1.22. The van der Waals surface area contributed by atoms with E-state index in [9.17, 15) is 4.79 Å². The van der Waals surface area contributed by atoms with E-state index in [-0.39, 0.29) is 6.04 Å². The van der Waals surface area contributed by atoms with Gasteiger partial charge in [-0.25, -0.2) is 4.79 Å². The Kier molecular flexibility index (Phi) is 3.34. The molecule has 0 spiro atoms. The van der Waals surface area contributed by atoms with Gasteiger partial charge in [0.1, 0.15) is 0 Å². The maximum Gasteiger partial charge on any atom is 0.407 e. The molecule has 3 N–H and O–H groups in total. The van der Waals surface area contributed by atoms with Gasteiger partial charge in [0.25, 0.3) is 0 Å². The molecule has 1 unspecified atom stereocenters. The van der Waals surface area contributed by atoms with Gasteiger partial charge in [0, 0.05) is 5.69 Å². The highest BCUT2D eigenvalue weighted by Gasteiger charge is 2.10. The summed E-state index contributed by atoms with van der Waals surface area (Å²) in [7, 11) is 1.33. The summed E-state index contributed by atoms with van der Waals surface area (Å²) in [6, 6.07) is 7.25. The Morgan fingerprint density at radius 1 is 1.50 bits per heavy atom. The van der Waals surface area contributed by atoms with Crippen LogP contribution in [0.3, 0.4) is 0 Å². The number of methoxy groups -OCH3 is 1. The average molecular weight is 194 g/mol. The molecule has 0 aliphatic rings. The molecule has 0 saturated carbocycles. The van der Waals surface area contributed by atoms with Crippen molar-refractivity contribution < 1.29 is 9.53 Å². The van der Waals surface area contributed by atoms with E-state index >= 15 is 0 Å². The summed E-state index contributed by atoms with van der Waals surface area (Å²) in [5.74, 6) is 0. The number of amides is 1. The zero-order chi connectivity index (χ0) is 10.6.